The molecule has 2 unspecified atom stereocenters. The molecule has 0 aromatic heterocycles. The van der Waals surface area contributed by atoms with Crippen molar-refractivity contribution in [3.05, 3.63) is 23.8 Å². The van der Waals surface area contributed by atoms with E-state index < -0.39 is 23.8 Å². The number of amides is 2. The molecule has 3 saturated heterocycles. The van der Waals surface area contributed by atoms with E-state index in [1.54, 1.807) is 0 Å². The summed E-state index contributed by atoms with van der Waals surface area (Å²) in [6, 6.07) is 2.78. The first kappa shape index (κ1) is 21.2. The quantitative estimate of drug-likeness (QED) is 0.702. The molecule has 3 aliphatic heterocycles. The number of cyclic esters (lactones) is 1. The Hall–Kier alpha value is -2.03. The second kappa shape index (κ2) is 8.99. The van der Waals surface area contributed by atoms with Crippen molar-refractivity contribution in [1.29, 1.82) is 0 Å². The van der Waals surface area contributed by atoms with E-state index in [-0.39, 0.29) is 35.9 Å². The predicted molar refractivity (Wildman–Crippen MR) is 113 cm³/mol. The maximum Gasteiger partial charge on any atom is 0.414 e. The molecule has 6 nitrogen and oxygen atoms in total. The normalized spacial score (nSPS) is 25.6. The van der Waals surface area contributed by atoms with Crippen molar-refractivity contribution < 1.29 is 23.1 Å². The number of halogens is 2. The van der Waals surface area contributed by atoms with Gasteiger partial charge >= 0.3 is 6.09 Å². The summed E-state index contributed by atoms with van der Waals surface area (Å²) in [6.07, 6.45) is 2.53. The van der Waals surface area contributed by atoms with Crippen molar-refractivity contribution in [2.45, 2.75) is 57.2 Å². The molecule has 3 aliphatic rings. The van der Waals surface area contributed by atoms with Crippen LogP contribution < -0.4 is 15.1 Å². The number of hydrogen-bond donors (Lipinski definition) is 1. The van der Waals surface area contributed by atoms with E-state index in [1.807, 2.05) is 23.6 Å². The van der Waals surface area contributed by atoms with Gasteiger partial charge in [0.15, 0.2) is 11.6 Å². The van der Waals surface area contributed by atoms with E-state index in [9.17, 15) is 18.4 Å². The summed E-state index contributed by atoms with van der Waals surface area (Å²) < 4.78 is 35.3. The number of carbonyl (C=O) groups is 2. The van der Waals surface area contributed by atoms with Gasteiger partial charge in [0.25, 0.3) is 0 Å². The van der Waals surface area contributed by atoms with Crippen LogP contribution >= 0.6 is 11.8 Å². The third-order valence-electron chi connectivity index (χ3n) is 5.95. The Morgan fingerprint density at radius 1 is 1.23 bits per heavy atom. The Balaban J connectivity index is 1.43. The lowest BCUT2D eigenvalue weighted by atomic mass is 10.1. The third-order valence-corrected chi connectivity index (χ3v) is 7.19. The number of benzene rings is 1. The summed E-state index contributed by atoms with van der Waals surface area (Å²) in [4.78, 5) is 27.0. The second-order valence-electron chi connectivity index (χ2n) is 8.09. The van der Waals surface area contributed by atoms with E-state index >= 15 is 0 Å². The third kappa shape index (κ3) is 4.22. The van der Waals surface area contributed by atoms with Gasteiger partial charge in [0.2, 0.25) is 5.91 Å². The highest BCUT2D eigenvalue weighted by Gasteiger charge is 2.40. The Morgan fingerprint density at radius 2 is 1.90 bits per heavy atom. The van der Waals surface area contributed by atoms with Crippen LogP contribution in [0.3, 0.4) is 0 Å². The zero-order valence-corrected chi connectivity index (χ0v) is 17.9. The zero-order valence-electron chi connectivity index (χ0n) is 17.0. The molecule has 0 radical (unpaired) electrons. The largest absolute Gasteiger partial charge is 0.444 e. The van der Waals surface area contributed by atoms with Crippen LogP contribution in [0.2, 0.25) is 0 Å². The summed E-state index contributed by atoms with van der Waals surface area (Å²) in [5.41, 5.74) is 0.185. The topological polar surface area (TPSA) is 61.9 Å². The van der Waals surface area contributed by atoms with Gasteiger partial charge in [-0.1, -0.05) is 6.92 Å². The first-order valence-corrected chi connectivity index (χ1v) is 11.7. The minimum absolute atomic E-state index is 0.0225. The monoisotopic (exact) mass is 439 g/mol. The Kier molecular flexibility index (Phi) is 6.36. The van der Waals surface area contributed by atoms with Crippen molar-refractivity contribution in [3.8, 4) is 0 Å². The molecule has 3 heterocycles. The van der Waals surface area contributed by atoms with Crippen LogP contribution in [0.1, 0.15) is 39.0 Å². The lowest BCUT2D eigenvalue weighted by Crippen LogP contribution is -2.43. The highest BCUT2D eigenvalue weighted by Crippen LogP contribution is 2.41. The standard InChI is InChI=1S/C21H27F2N3O3S/c1-2-3-19(27)24-7-6-16-10-25(21(28)29-16)15-8-17(22)20(18(23)9-15)26-13-4-5-14(26)12-30-11-13/h8-9,13-14,16H,2-7,10-12H2,1H3,(H,24,27)/t13?,14?,16-/m0/s1. The summed E-state index contributed by atoms with van der Waals surface area (Å²) in [5.74, 6) is 0.440. The lowest BCUT2D eigenvalue weighted by molar-refractivity contribution is -0.121. The van der Waals surface area contributed by atoms with Gasteiger partial charge in [-0.3, -0.25) is 9.69 Å². The van der Waals surface area contributed by atoms with Crippen LogP contribution in [0, 0.1) is 11.6 Å². The minimum Gasteiger partial charge on any atom is -0.444 e. The van der Waals surface area contributed by atoms with Crippen LogP contribution in [0.25, 0.3) is 0 Å². The molecule has 0 aliphatic carbocycles. The number of nitrogens with one attached hydrogen (secondary N) is 1. The first-order valence-electron chi connectivity index (χ1n) is 10.6. The number of hydrogen-bond acceptors (Lipinski definition) is 5. The van der Waals surface area contributed by atoms with Crippen LogP contribution in [-0.2, 0) is 9.53 Å². The lowest BCUT2D eigenvalue weighted by Gasteiger charge is -2.37. The van der Waals surface area contributed by atoms with Crippen molar-refractivity contribution in [3.63, 3.8) is 0 Å². The average Bonchev–Trinajstić information content (AvgIpc) is 3.16. The molecule has 3 fully saturated rings. The number of thioether (sulfide) groups is 1. The van der Waals surface area contributed by atoms with E-state index in [0.29, 0.717) is 19.4 Å². The van der Waals surface area contributed by atoms with E-state index in [2.05, 4.69) is 5.32 Å². The van der Waals surface area contributed by atoms with Gasteiger partial charge in [-0.15, -0.1) is 0 Å². The van der Waals surface area contributed by atoms with Gasteiger partial charge in [-0.25, -0.2) is 13.6 Å². The fourth-order valence-electron chi connectivity index (χ4n) is 4.52. The SMILES string of the molecule is CCCC(=O)NCC[C@H]1CN(c2cc(F)c(N3C4CCC3CSC4)c(F)c2)C(=O)O1. The minimum atomic E-state index is -0.642. The van der Waals surface area contributed by atoms with Crippen LogP contribution in [0.15, 0.2) is 12.1 Å². The Bertz CT molecular complexity index is 786. The fraction of sp³-hybridized carbons (Fsp3) is 0.619. The Labute approximate surface area is 179 Å². The van der Waals surface area contributed by atoms with Gasteiger partial charge in [-0.05, 0) is 19.3 Å². The molecule has 2 amide bonds. The van der Waals surface area contributed by atoms with Gasteiger partial charge in [-0.2, -0.15) is 11.8 Å². The molecular formula is C21H27F2N3O3S. The van der Waals surface area contributed by atoms with Crippen molar-refractivity contribution in [1.82, 2.24) is 5.32 Å². The molecule has 1 aromatic rings. The van der Waals surface area contributed by atoms with Crippen molar-refractivity contribution in [2.75, 3.05) is 34.4 Å². The first-order chi connectivity index (χ1) is 14.5. The summed E-state index contributed by atoms with van der Waals surface area (Å²) >= 11 is 1.84. The number of rotatable bonds is 7. The molecule has 0 saturated carbocycles. The molecule has 30 heavy (non-hydrogen) atoms. The molecule has 1 N–H and O–H groups in total. The Morgan fingerprint density at radius 3 is 2.53 bits per heavy atom. The molecule has 1 aromatic carbocycles. The van der Waals surface area contributed by atoms with Crippen LogP contribution in [0.4, 0.5) is 25.0 Å². The van der Waals surface area contributed by atoms with Gasteiger partial charge in [0.1, 0.15) is 11.8 Å². The predicted octanol–water partition coefficient (Wildman–Crippen LogP) is 3.68. The van der Waals surface area contributed by atoms with E-state index in [0.717, 1.165) is 30.8 Å². The number of carbonyl (C=O) groups excluding carboxylic acids is 2. The van der Waals surface area contributed by atoms with E-state index in [1.165, 1.54) is 17.0 Å². The van der Waals surface area contributed by atoms with Crippen LogP contribution in [-0.4, -0.2) is 54.8 Å². The molecule has 9 heteroatoms. The van der Waals surface area contributed by atoms with Crippen molar-refractivity contribution in [2.24, 2.45) is 0 Å². The number of anilines is 2. The smallest absolute Gasteiger partial charge is 0.414 e. The van der Waals surface area contributed by atoms with Crippen LogP contribution in [0.5, 0.6) is 0 Å². The van der Waals surface area contributed by atoms with Crippen molar-refractivity contribution >= 4 is 35.1 Å². The highest BCUT2D eigenvalue weighted by atomic mass is 32.2. The second-order valence-corrected chi connectivity index (χ2v) is 9.17. The summed E-state index contributed by atoms with van der Waals surface area (Å²) in [7, 11) is 0. The molecule has 2 bridgehead atoms. The van der Waals surface area contributed by atoms with Gasteiger partial charge in [0.05, 0.1) is 12.2 Å². The van der Waals surface area contributed by atoms with E-state index in [4.69, 9.17) is 4.74 Å². The van der Waals surface area contributed by atoms with Gasteiger partial charge in [0, 0.05) is 55.1 Å². The highest BCUT2D eigenvalue weighted by molar-refractivity contribution is 7.99. The average molecular weight is 440 g/mol. The molecular weight excluding hydrogens is 412 g/mol. The number of fused-ring (bicyclic) bond motifs is 2. The maximum absolute atomic E-state index is 15.0. The molecule has 4 rings (SSSR count). The molecule has 164 valence electrons. The summed E-state index contributed by atoms with van der Waals surface area (Å²) in [5, 5.41) is 2.78. The zero-order chi connectivity index (χ0) is 21.3. The fourth-order valence-corrected chi connectivity index (χ4v) is 5.85. The summed E-state index contributed by atoms with van der Waals surface area (Å²) in [6.45, 7) is 2.52. The molecule has 0 spiro atoms. The van der Waals surface area contributed by atoms with Gasteiger partial charge < -0.3 is 15.0 Å². The maximum atomic E-state index is 15.0. The number of ether oxygens (including phenoxy) is 1. The molecule has 3 atom stereocenters. The number of nitrogens with zero attached hydrogens (tertiary/aromatic N) is 2.